The molecule has 1 atom stereocenters. The van der Waals surface area contributed by atoms with Crippen LogP contribution in [-0.2, 0) is 16.6 Å². The molecule has 2 N–H and O–H groups in total. The molecule has 0 spiro atoms. The van der Waals surface area contributed by atoms with E-state index in [1.54, 1.807) is 25.3 Å². The fourth-order valence-electron chi connectivity index (χ4n) is 1.78. The molecule has 0 saturated carbocycles. The molecule has 0 bridgehead atoms. The fraction of sp³-hybridized carbons (Fsp3) is 0.308. The van der Waals surface area contributed by atoms with E-state index in [9.17, 15) is 8.42 Å². The van der Waals surface area contributed by atoms with Crippen molar-refractivity contribution in [2.75, 3.05) is 0 Å². The van der Waals surface area contributed by atoms with Gasteiger partial charge in [0, 0.05) is 15.5 Å². The summed E-state index contributed by atoms with van der Waals surface area (Å²) in [6.07, 6.45) is 1.72. The van der Waals surface area contributed by atoms with E-state index in [-0.39, 0.29) is 11.5 Å². The Labute approximate surface area is 136 Å². The molecule has 2 rings (SSSR count). The monoisotopic (exact) mass is 390 g/mol. The van der Waals surface area contributed by atoms with Crippen LogP contribution in [0.3, 0.4) is 0 Å². The van der Waals surface area contributed by atoms with Crippen LogP contribution in [0.5, 0.6) is 0 Å². The van der Waals surface area contributed by atoms with Gasteiger partial charge in [-0.05, 0) is 47.5 Å². The van der Waals surface area contributed by atoms with E-state index in [0.717, 1.165) is 9.88 Å². The van der Waals surface area contributed by atoms with Gasteiger partial charge in [0.1, 0.15) is 5.01 Å². The average molecular weight is 391 g/mol. The number of thiazole rings is 1. The SMILES string of the molecule is Cc1cnc(C(C)NS(=O)(=O)c2ccc(CO)cc2Br)s1. The number of sulfonamides is 1. The Morgan fingerprint density at radius 1 is 1.48 bits per heavy atom. The van der Waals surface area contributed by atoms with Gasteiger partial charge in [-0.15, -0.1) is 11.3 Å². The number of rotatable bonds is 5. The zero-order chi connectivity index (χ0) is 15.6. The van der Waals surface area contributed by atoms with Crippen LogP contribution >= 0.6 is 27.3 Å². The first-order valence-electron chi connectivity index (χ1n) is 6.17. The number of nitrogens with one attached hydrogen (secondary N) is 1. The lowest BCUT2D eigenvalue weighted by Crippen LogP contribution is -2.27. The lowest BCUT2D eigenvalue weighted by Gasteiger charge is -2.13. The van der Waals surface area contributed by atoms with Gasteiger partial charge < -0.3 is 5.11 Å². The number of aromatic nitrogens is 1. The highest BCUT2D eigenvalue weighted by atomic mass is 79.9. The van der Waals surface area contributed by atoms with Crippen molar-refractivity contribution in [3.05, 3.63) is 44.3 Å². The van der Waals surface area contributed by atoms with Gasteiger partial charge >= 0.3 is 0 Å². The Kier molecular flexibility index (Phi) is 5.15. The molecule has 1 aromatic carbocycles. The standard InChI is InChI=1S/C13H15BrN2O3S2/c1-8-6-15-13(20-8)9(2)16-21(18,19)12-4-3-10(7-17)5-11(12)14/h3-6,9,16-17H,7H2,1-2H3. The van der Waals surface area contributed by atoms with Crippen LogP contribution in [0.1, 0.15) is 28.4 Å². The van der Waals surface area contributed by atoms with Crippen molar-refractivity contribution in [3.63, 3.8) is 0 Å². The summed E-state index contributed by atoms with van der Waals surface area (Å²) in [6, 6.07) is 4.24. The van der Waals surface area contributed by atoms with Gasteiger partial charge in [-0.3, -0.25) is 0 Å². The second-order valence-electron chi connectivity index (χ2n) is 4.58. The highest BCUT2D eigenvalue weighted by molar-refractivity contribution is 9.10. The highest BCUT2D eigenvalue weighted by Crippen LogP contribution is 2.26. The Morgan fingerprint density at radius 2 is 2.19 bits per heavy atom. The molecule has 1 heterocycles. The van der Waals surface area contributed by atoms with Crippen LogP contribution in [0.25, 0.3) is 0 Å². The topological polar surface area (TPSA) is 79.3 Å². The predicted octanol–water partition coefficient (Wildman–Crippen LogP) is 2.75. The largest absolute Gasteiger partial charge is 0.392 e. The molecule has 1 aromatic heterocycles. The van der Waals surface area contributed by atoms with Crippen molar-refractivity contribution >= 4 is 37.3 Å². The van der Waals surface area contributed by atoms with Gasteiger partial charge in [-0.25, -0.2) is 18.1 Å². The summed E-state index contributed by atoms with van der Waals surface area (Å²) in [6.45, 7) is 3.54. The van der Waals surface area contributed by atoms with Gasteiger partial charge in [0.25, 0.3) is 0 Å². The molecular formula is C13H15BrN2O3S2. The Hall–Kier alpha value is -0.800. The molecule has 0 aliphatic carbocycles. The minimum absolute atomic E-state index is 0.138. The van der Waals surface area contributed by atoms with E-state index in [2.05, 4.69) is 25.6 Å². The van der Waals surface area contributed by atoms with E-state index >= 15 is 0 Å². The van der Waals surface area contributed by atoms with Crippen molar-refractivity contribution in [2.45, 2.75) is 31.4 Å². The number of aliphatic hydroxyl groups excluding tert-OH is 1. The number of hydrogen-bond donors (Lipinski definition) is 2. The molecule has 21 heavy (non-hydrogen) atoms. The summed E-state index contributed by atoms with van der Waals surface area (Å²) in [5.74, 6) is 0. The molecule has 114 valence electrons. The van der Waals surface area contributed by atoms with E-state index in [0.29, 0.717) is 10.0 Å². The molecule has 0 radical (unpaired) electrons. The summed E-state index contributed by atoms with van der Waals surface area (Å²) in [5, 5.41) is 9.78. The molecule has 0 aliphatic heterocycles. The molecule has 0 saturated heterocycles. The number of nitrogens with zero attached hydrogens (tertiary/aromatic N) is 1. The maximum absolute atomic E-state index is 12.4. The highest BCUT2D eigenvalue weighted by Gasteiger charge is 2.22. The van der Waals surface area contributed by atoms with Gasteiger partial charge in [-0.1, -0.05) is 6.07 Å². The normalized spacial score (nSPS) is 13.3. The number of halogens is 1. The van der Waals surface area contributed by atoms with Gasteiger partial charge in [0.15, 0.2) is 0 Å². The zero-order valence-electron chi connectivity index (χ0n) is 11.5. The molecule has 2 aromatic rings. The maximum atomic E-state index is 12.4. The van der Waals surface area contributed by atoms with Gasteiger partial charge in [-0.2, -0.15) is 0 Å². The summed E-state index contributed by atoms with van der Waals surface area (Å²) in [4.78, 5) is 5.36. The summed E-state index contributed by atoms with van der Waals surface area (Å²) in [7, 11) is -3.67. The number of hydrogen-bond acceptors (Lipinski definition) is 5. The molecule has 5 nitrogen and oxygen atoms in total. The van der Waals surface area contributed by atoms with Crippen LogP contribution < -0.4 is 4.72 Å². The van der Waals surface area contributed by atoms with E-state index in [1.807, 2.05) is 6.92 Å². The third-order valence-corrected chi connectivity index (χ3v) is 6.42. The third kappa shape index (κ3) is 3.89. The number of aliphatic hydroxyl groups is 1. The van der Waals surface area contributed by atoms with Crippen LogP contribution in [0, 0.1) is 6.92 Å². The maximum Gasteiger partial charge on any atom is 0.242 e. The zero-order valence-corrected chi connectivity index (χ0v) is 14.7. The van der Waals surface area contributed by atoms with E-state index in [4.69, 9.17) is 5.11 Å². The average Bonchev–Trinajstić information content (AvgIpc) is 2.84. The summed E-state index contributed by atoms with van der Waals surface area (Å²) < 4.78 is 27.9. The minimum Gasteiger partial charge on any atom is -0.392 e. The number of benzene rings is 1. The molecule has 8 heteroatoms. The second kappa shape index (κ2) is 6.53. The van der Waals surface area contributed by atoms with Crippen LogP contribution in [0.2, 0.25) is 0 Å². The first-order valence-corrected chi connectivity index (χ1v) is 9.26. The summed E-state index contributed by atoms with van der Waals surface area (Å²) in [5.41, 5.74) is 0.643. The third-order valence-electron chi connectivity index (χ3n) is 2.81. The lowest BCUT2D eigenvalue weighted by molar-refractivity contribution is 0.281. The van der Waals surface area contributed by atoms with Crippen LogP contribution in [0.15, 0.2) is 33.8 Å². The first-order chi connectivity index (χ1) is 9.83. The molecule has 0 fully saturated rings. The van der Waals surface area contributed by atoms with Crippen molar-refractivity contribution in [3.8, 4) is 0 Å². The van der Waals surface area contributed by atoms with Crippen molar-refractivity contribution in [1.29, 1.82) is 0 Å². The molecule has 1 unspecified atom stereocenters. The minimum atomic E-state index is -3.67. The quantitative estimate of drug-likeness (QED) is 0.822. The van der Waals surface area contributed by atoms with E-state index in [1.165, 1.54) is 17.4 Å². The molecular weight excluding hydrogens is 376 g/mol. The van der Waals surface area contributed by atoms with Gasteiger partial charge in [0.05, 0.1) is 17.5 Å². The smallest absolute Gasteiger partial charge is 0.242 e. The van der Waals surface area contributed by atoms with Crippen LogP contribution in [0.4, 0.5) is 0 Å². The van der Waals surface area contributed by atoms with Crippen LogP contribution in [-0.4, -0.2) is 18.5 Å². The van der Waals surface area contributed by atoms with Crippen molar-refractivity contribution in [2.24, 2.45) is 0 Å². The Bertz CT molecular complexity index is 744. The molecule has 0 aliphatic rings. The van der Waals surface area contributed by atoms with Crippen molar-refractivity contribution in [1.82, 2.24) is 9.71 Å². The van der Waals surface area contributed by atoms with Gasteiger partial charge in [0.2, 0.25) is 10.0 Å². The summed E-state index contributed by atoms with van der Waals surface area (Å²) >= 11 is 4.69. The fourth-order valence-corrected chi connectivity index (χ4v) is 4.96. The lowest BCUT2D eigenvalue weighted by atomic mass is 10.2. The number of aryl methyl sites for hydroxylation is 1. The first kappa shape index (κ1) is 16.6. The predicted molar refractivity (Wildman–Crippen MR) is 85.7 cm³/mol. The molecule has 0 amide bonds. The Balaban J connectivity index is 2.26. The van der Waals surface area contributed by atoms with Crippen molar-refractivity contribution < 1.29 is 13.5 Å². The second-order valence-corrected chi connectivity index (χ2v) is 8.38. The Morgan fingerprint density at radius 3 is 2.71 bits per heavy atom. The van der Waals surface area contributed by atoms with E-state index < -0.39 is 16.1 Å².